The Balaban J connectivity index is 2.47. The van der Waals surface area contributed by atoms with E-state index in [0.29, 0.717) is 5.56 Å². The number of nitrogens with zero attached hydrogens (tertiary/aromatic N) is 2. The molecule has 2 aromatic rings. The molecule has 0 bridgehead atoms. The van der Waals surface area contributed by atoms with E-state index in [-0.39, 0.29) is 0 Å². The van der Waals surface area contributed by atoms with E-state index in [0.717, 1.165) is 17.4 Å². The molecule has 0 unspecified atom stereocenters. The van der Waals surface area contributed by atoms with Gasteiger partial charge in [-0.2, -0.15) is 0 Å². The lowest BCUT2D eigenvalue weighted by Gasteiger charge is -1.94. The number of hydrogen-bond acceptors (Lipinski definition) is 4. The van der Waals surface area contributed by atoms with Crippen LogP contribution in [-0.2, 0) is 0 Å². The molecule has 0 saturated carbocycles. The summed E-state index contributed by atoms with van der Waals surface area (Å²) in [6, 6.07) is 1.73. The molecule has 0 aliphatic heterocycles. The summed E-state index contributed by atoms with van der Waals surface area (Å²) in [6.45, 7) is 0. The minimum absolute atomic E-state index is 0.540. The molecule has 0 fully saturated rings. The lowest BCUT2D eigenvalue weighted by atomic mass is 10.1. The van der Waals surface area contributed by atoms with Crippen LogP contribution in [0, 0.1) is 0 Å². The molecule has 64 valence electrons. The van der Waals surface area contributed by atoms with E-state index in [4.69, 9.17) is 0 Å². The molecule has 0 spiro atoms. The molecule has 0 atom stereocenters. The van der Waals surface area contributed by atoms with E-state index < -0.39 is 0 Å². The van der Waals surface area contributed by atoms with Gasteiger partial charge < -0.3 is 4.52 Å². The Morgan fingerprint density at radius 3 is 2.85 bits per heavy atom. The van der Waals surface area contributed by atoms with Gasteiger partial charge >= 0.3 is 0 Å². The van der Waals surface area contributed by atoms with Crippen molar-refractivity contribution in [3.05, 3.63) is 36.5 Å². The highest BCUT2D eigenvalue weighted by Gasteiger charge is 2.00. The zero-order valence-electron chi connectivity index (χ0n) is 6.68. The molecule has 0 N–H and O–H groups in total. The lowest BCUT2D eigenvalue weighted by molar-refractivity contribution is 0.112. The summed E-state index contributed by atoms with van der Waals surface area (Å²) in [5.41, 5.74) is 2.18. The summed E-state index contributed by atoms with van der Waals surface area (Å²) >= 11 is 0. The van der Waals surface area contributed by atoms with Gasteiger partial charge in [-0.05, 0) is 6.07 Å². The van der Waals surface area contributed by atoms with Gasteiger partial charge in [0.05, 0.1) is 6.20 Å². The monoisotopic (exact) mass is 174 g/mol. The van der Waals surface area contributed by atoms with Crippen LogP contribution in [0.15, 0.2) is 35.4 Å². The van der Waals surface area contributed by atoms with Gasteiger partial charge in [0.25, 0.3) is 0 Å². The fraction of sp³-hybridized carbons (Fsp3) is 0. The number of carbonyl (C=O) groups is 1. The van der Waals surface area contributed by atoms with Crippen LogP contribution in [0.3, 0.4) is 0 Å². The van der Waals surface area contributed by atoms with Crippen LogP contribution in [0.25, 0.3) is 11.1 Å². The summed E-state index contributed by atoms with van der Waals surface area (Å²) in [5, 5.41) is 3.56. The number of aldehydes is 1. The average Bonchev–Trinajstić information content (AvgIpc) is 2.71. The molecule has 4 nitrogen and oxygen atoms in total. The fourth-order valence-electron chi connectivity index (χ4n) is 1.03. The number of carbonyl (C=O) groups excluding carboxylic acids is 1. The van der Waals surface area contributed by atoms with Crippen LogP contribution >= 0.6 is 0 Å². The third-order valence-electron chi connectivity index (χ3n) is 1.66. The third-order valence-corrected chi connectivity index (χ3v) is 1.66. The van der Waals surface area contributed by atoms with Gasteiger partial charge in [0, 0.05) is 29.1 Å². The summed E-state index contributed by atoms with van der Waals surface area (Å²) in [5.74, 6) is 0. The molecule has 0 aromatic carbocycles. The quantitative estimate of drug-likeness (QED) is 0.648. The number of aromatic nitrogens is 2. The maximum absolute atomic E-state index is 10.4. The smallest absolute Gasteiger partial charge is 0.151 e. The topological polar surface area (TPSA) is 56.0 Å². The van der Waals surface area contributed by atoms with Gasteiger partial charge in [0.1, 0.15) is 6.26 Å². The molecular weight excluding hydrogens is 168 g/mol. The standard InChI is InChI=1S/C9H6N2O2/c12-5-7-1-8(3-10-2-7)9-4-11-13-6-9/h1-6H. The zero-order valence-corrected chi connectivity index (χ0v) is 6.68. The zero-order chi connectivity index (χ0) is 9.10. The highest BCUT2D eigenvalue weighted by molar-refractivity contribution is 5.77. The van der Waals surface area contributed by atoms with Gasteiger partial charge in [0.2, 0.25) is 0 Å². The third kappa shape index (κ3) is 1.46. The van der Waals surface area contributed by atoms with Crippen molar-refractivity contribution in [2.75, 3.05) is 0 Å². The van der Waals surface area contributed by atoms with Crippen molar-refractivity contribution in [1.82, 2.24) is 10.1 Å². The second kappa shape index (κ2) is 3.18. The summed E-state index contributed by atoms with van der Waals surface area (Å²) < 4.78 is 4.68. The van der Waals surface area contributed by atoms with E-state index in [9.17, 15) is 4.79 Å². The van der Waals surface area contributed by atoms with Gasteiger partial charge in [0.15, 0.2) is 6.29 Å². The Hall–Kier alpha value is -1.97. The first kappa shape index (κ1) is 7.67. The largest absolute Gasteiger partial charge is 0.364 e. The minimum atomic E-state index is 0.540. The molecule has 0 aliphatic carbocycles. The van der Waals surface area contributed by atoms with E-state index in [1.165, 1.54) is 12.5 Å². The highest BCUT2D eigenvalue weighted by atomic mass is 16.5. The Bertz CT molecular complexity index is 409. The van der Waals surface area contributed by atoms with Gasteiger partial charge in [-0.15, -0.1) is 0 Å². The summed E-state index contributed by atoms with van der Waals surface area (Å²) in [6.07, 6.45) is 6.99. The van der Waals surface area contributed by atoms with Crippen molar-refractivity contribution in [3.63, 3.8) is 0 Å². The van der Waals surface area contributed by atoms with E-state index >= 15 is 0 Å². The minimum Gasteiger partial charge on any atom is -0.364 e. The van der Waals surface area contributed by atoms with Gasteiger partial charge in [-0.1, -0.05) is 5.16 Å². The van der Waals surface area contributed by atoms with Crippen molar-refractivity contribution in [2.45, 2.75) is 0 Å². The van der Waals surface area contributed by atoms with Crippen molar-refractivity contribution in [1.29, 1.82) is 0 Å². The van der Waals surface area contributed by atoms with Crippen LogP contribution < -0.4 is 0 Å². The van der Waals surface area contributed by atoms with E-state index in [2.05, 4.69) is 14.7 Å². The van der Waals surface area contributed by atoms with Crippen LogP contribution in [0.4, 0.5) is 0 Å². The SMILES string of the molecule is O=Cc1cncc(-c2cnoc2)c1. The fourth-order valence-corrected chi connectivity index (χ4v) is 1.03. The predicted molar refractivity (Wildman–Crippen MR) is 45.1 cm³/mol. The molecular formula is C9H6N2O2. The Kier molecular flexibility index (Phi) is 1.88. The molecule has 4 heteroatoms. The summed E-state index contributed by atoms with van der Waals surface area (Å²) in [4.78, 5) is 14.4. The molecule has 13 heavy (non-hydrogen) atoms. The molecule has 0 radical (unpaired) electrons. The van der Waals surface area contributed by atoms with Crippen LogP contribution in [0.5, 0.6) is 0 Å². The number of pyridine rings is 1. The molecule has 2 heterocycles. The Labute approximate surface area is 74.2 Å². The van der Waals surface area contributed by atoms with E-state index in [1.807, 2.05) is 0 Å². The maximum atomic E-state index is 10.4. The molecule has 0 amide bonds. The first-order valence-corrected chi connectivity index (χ1v) is 3.70. The molecule has 2 rings (SSSR count). The van der Waals surface area contributed by atoms with Crippen molar-refractivity contribution >= 4 is 6.29 Å². The second-order valence-corrected chi connectivity index (χ2v) is 2.54. The summed E-state index contributed by atoms with van der Waals surface area (Å²) in [7, 11) is 0. The van der Waals surface area contributed by atoms with Crippen molar-refractivity contribution in [2.24, 2.45) is 0 Å². The normalized spacial score (nSPS) is 9.85. The van der Waals surface area contributed by atoms with Crippen LogP contribution in [0.2, 0.25) is 0 Å². The average molecular weight is 174 g/mol. The van der Waals surface area contributed by atoms with Crippen LogP contribution in [0.1, 0.15) is 10.4 Å². The number of rotatable bonds is 2. The maximum Gasteiger partial charge on any atom is 0.151 e. The van der Waals surface area contributed by atoms with E-state index in [1.54, 1.807) is 18.5 Å². The van der Waals surface area contributed by atoms with Crippen molar-refractivity contribution in [3.8, 4) is 11.1 Å². The lowest BCUT2D eigenvalue weighted by Crippen LogP contribution is -1.83. The molecule has 2 aromatic heterocycles. The first-order valence-electron chi connectivity index (χ1n) is 3.70. The Morgan fingerprint density at radius 1 is 1.23 bits per heavy atom. The Morgan fingerprint density at radius 2 is 2.15 bits per heavy atom. The number of hydrogen-bond donors (Lipinski definition) is 0. The second-order valence-electron chi connectivity index (χ2n) is 2.54. The first-order chi connectivity index (χ1) is 6.40. The van der Waals surface area contributed by atoms with Crippen LogP contribution in [-0.4, -0.2) is 16.4 Å². The van der Waals surface area contributed by atoms with Gasteiger partial charge in [-0.25, -0.2) is 0 Å². The molecule has 0 saturated heterocycles. The van der Waals surface area contributed by atoms with Gasteiger partial charge in [-0.3, -0.25) is 9.78 Å². The predicted octanol–water partition coefficient (Wildman–Crippen LogP) is 1.55. The highest BCUT2D eigenvalue weighted by Crippen LogP contribution is 2.17. The van der Waals surface area contributed by atoms with Crippen molar-refractivity contribution < 1.29 is 9.32 Å². The molecule has 0 aliphatic rings.